The van der Waals surface area contributed by atoms with Crippen LogP contribution in [0.3, 0.4) is 0 Å². The summed E-state index contributed by atoms with van der Waals surface area (Å²) in [6, 6.07) is 0. The van der Waals surface area contributed by atoms with E-state index in [2.05, 4.69) is 74.6 Å². The molecule has 0 heterocycles. The number of carboxylic acid groups (broad SMARTS) is 1. The van der Waals surface area contributed by atoms with Crippen LogP contribution < -0.4 is 0 Å². The quantitative estimate of drug-likeness (QED) is 0.0432. The third-order valence-corrected chi connectivity index (χ3v) is 8.21. The second kappa shape index (κ2) is 37.1. The van der Waals surface area contributed by atoms with E-state index >= 15 is 0 Å². The van der Waals surface area contributed by atoms with Gasteiger partial charge in [-0.05, 0) is 83.1 Å². The van der Waals surface area contributed by atoms with Gasteiger partial charge >= 0.3 is 11.9 Å². The molecule has 0 aromatic carbocycles. The minimum absolute atomic E-state index is 0.0535. The lowest BCUT2D eigenvalue weighted by Gasteiger charge is -2.15. The molecular weight excluding hydrogens is 568 g/mol. The zero-order valence-electron chi connectivity index (χ0n) is 30.1. The predicted octanol–water partition coefficient (Wildman–Crippen LogP) is 13.3. The predicted molar refractivity (Wildman–Crippen MR) is 199 cm³/mol. The third kappa shape index (κ3) is 36.1. The van der Waals surface area contributed by atoms with Gasteiger partial charge in [-0.25, -0.2) is 0 Å². The lowest BCUT2D eigenvalue weighted by atomic mass is 10.0. The summed E-state index contributed by atoms with van der Waals surface area (Å²) >= 11 is 0. The molecule has 4 heteroatoms. The molecule has 1 atom stereocenters. The molecule has 0 radical (unpaired) electrons. The number of carboxylic acids is 1. The Morgan fingerprint density at radius 1 is 0.522 bits per heavy atom. The summed E-state index contributed by atoms with van der Waals surface area (Å²) in [6.07, 6.45) is 51.1. The number of rotatable bonds is 34. The molecule has 1 N–H and O–H groups in total. The molecule has 0 aliphatic heterocycles. The maximum atomic E-state index is 12.6. The van der Waals surface area contributed by atoms with Crippen LogP contribution in [-0.4, -0.2) is 23.1 Å². The fourth-order valence-corrected chi connectivity index (χ4v) is 5.38. The van der Waals surface area contributed by atoms with Crippen LogP contribution in [0, 0.1) is 0 Å². The minimum atomic E-state index is -0.703. The van der Waals surface area contributed by atoms with Crippen molar-refractivity contribution >= 4 is 11.9 Å². The molecule has 0 fully saturated rings. The van der Waals surface area contributed by atoms with Gasteiger partial charge in [-0.3, -0.25) is 9.59 Å². The SMILES string of the molecule is CC/C=C\C/C=C\C/C=C\C/C=C\CCCCCCCCC(=O)OC(/C=C\CCCCCCCC)CCCCCCCCC(=O)O. The Morgan fingerprint density at radius 3 is 1.54 bits per heavy atom. The highest BCUT2D eigenvalue weighted by molar-refractivity contribution is 5.69. The summed E-state index contributed by atoms with van der Waals surface area (Å²) in [4.78, 5) is 23.3. The fraction of sp³-hybridized carbons (Fsp3) is 0.714. The molecule has 4 nitrogen and oxygen atoms in total. The van der Waals surface area contributed by atoms with Gasteiger partial charge < -0.3 is 9.84 Å². The van der Waals surface area contributed by atoms with Gasteiger partial charge in [0.1, 0.15) is 6.10 Å². The second-order valence-electron chi connectivity index (χ2n) is 12.7. The number of esters is 1. The Labute approximate surface area is 284 Å². The van der Waals surface area contributed by atoms with Gasteiger partial charge in [-0.2, -0.15) is 0 Å². The van der Waals surface area contributed by atoms with E-state index in [1.165, 1.54) is 64.2 Å². The zero-order valence-corrected chi connectivity index (χ0v) is 30.1. The van der Waals surface area contributed by atoms with Crippen LogP contribution in [0.4, 0.5) is 0 Å². The van der Waals surface area contributed by atoms with Crippen LogP contribution in [0.5, 0.6) is 0 Å². The first kappa shape index (κ1) is 43.6. The van der Waals surface area contributed by atoms with E-state index in [0.717, 1.165) is 96.3 Å². The van der Waals surface area contributed by atoms with Crippen LogP contribution in [0.25, 0.3) is 0 Å². The number of allylic oxidation sites excluding steroid dienone is 9. The number of hydrogen-bond donors (Lipinski definition) is 1. The van der Waals surface area contributed by atoms with Crippen LogP contribution in [0.15, 0.2) is 60.8 Å². The Balaban J connectivity index is 4.05. The van der Waals surface area contributed by atoms with Crippen molar-refractivity contribution in [2.24, 2.45) is 0 Å². The van der Waals surface area contributed by atoms with E-state index < -0.39 is 5.97 Å². The van der Waals surface area contributed by atoms with E-state index in [1.807, 2.05) is 0 Å². The van der Waals surface area contributed by atoms with Gasteiger partial charge in [0.2, 0.25) is 0 Å². The van der Waals surface area contributed by atoms with Gasteiger partial charge in [0.15, 0.2) is 0 Å². The highest BCUT2D eigenvalue weighted by Gasteiger charge is 2.11. The number of carbonyl (C=O) groups excluding carboxylic acids is 1. The lowest BCUT2D eigenvalue weighted by molar-refractivity contribution is -0.147. The Hall–Kier alpha value is -2.36. The first-order valence-electron chi connectivity index (χ1n) is 19.3. The molecule has 0 bridgehead atoms. The molecule has 0 saturated carbocycles. The second-order valence-corrected chi connectivity index (χ2v) is 12.7. The number of hydrogen-bond acceptors (Lipinski definition) is 3. The summed E-state index contributed by atoms with van der Waals surface area (Å²) < 4.78 is 5.91. The maximum absolute atomic E-state index is 12.6. The van der Waals surface area contributed by atoms with Gasteiger partial charge in [-0.15, -0.1) is 0 Å². The Kier molecular flexibility index (Phi) is 35.2. The highest BCUT2D eigenvalue weighted by Crippen LogP contribution is 2.16. The number of aliphatic carboxylic acids is 1. The van der Waals surface area contributed by atoms with Crippen LogP contribution in [-0.2, 0) is 14.3 Å². The molecule has 0 aromatic rings. The molecule has 0 spiro atoms. The van der Waals surface area contributed by atoms with E-state index in [9.17, 15) is 9.59 Å². The molecule has 0 aromatic heterocycles. The third-order valence-electron chi connectivity index (χ3n) is 8.21. The van der Waals surface area contributed by atoms with E-state index in [4.69, 9.17) is 9.84 Å². The van der Waals surface area contributed by atoms with Crippen molar-refractivity contribution in [1.29, 1.82) is 0 Å². The van der Waals surface area contributed by atoms with Crippen molar-refractivity contribution in [3.05, 3.63) is 60.8 Å². The van der Waals surface area contributed by atoms with Gasteiger partial charge in [-0.1, -0.05) is 152 Å². The fourth-order valence-electron chi connectivity index (χ4n) is 5.38. The summed E-state index contributed by atoms with van der Waals surface area (Å²) in [5.41, 5.74) is 0. The Morgan fingerprint density at radius 2 is 0.978 bits per heavy atom. The van der Waals surface area contributed by atoms with Crippen molar-refractivity contribution in [2.75, 3.05) is 0 Å². The van der Waals surface area contributed by atoms with Crippen molar-refractivity contribution < 1.29 is 19.4 Å². The zero-order chi connectivity index (χ0) is 33.6. The average molecular weight is 641 g/mol. The topological polar surface area (TPSA) is 63.6 Å². The monoisotopic (exact) mass is 641 g/mol. The van der Waals surface area contributed by atoms with E-state index in [0.29, 0.717) is 6.42 Å². The Bertz CT molecular complexity index is 820. The van der Waals surface area contributed by atoms with Crippen molar-refractivity contribution in [3.8, 4) is 0 Å². The van der Waals surface area contributed by atoms with E-state index in [-0.39, 0.29) is 18.5 Å². The number of ether oxygens (including phenoxy) is 1. The molecular formula is C42H72O4. The van der Waals surface area contributed by atoms with Gasteiger partial charge in [0.05, 0.1) is 0 Å². The minimum Gasteiger partial charge on any atom is -0.481 e. The van der Waals surface area contributed by atoms with Crippen LogP contribution >= 0.6 is 0 Å². The van der Waals surface area contributed by atoms with Crippen molar-refractivity contribution in [1.82, 2.24) is 0 Å². The van der Waals surface area contributed by atoms with Gasteiger partial charge in [0, 0.05) is 12.8 Å². The smallest absolute Gasteiger partial charge is 0.306 e. The van der Waals surface area contributed by atoms with Crippen molar-refractivity contribution in [3.63, 3.8) is 0 Å². The van der Waals surface area contributed by atoms with Crippen molar-refractivity contribution in [2.45, 2.75) is 193 Å². The molecule has 1 unspecified atom stereocenters. The molecule has 0 aliphatic rings. The normalized spacial score (nSPS) is 12.9. The standard InChI is InChI=1S/C42H72O4/c1-3-5-7-9-11-13-14-15-16-17-18-19-20-21-22-23-25-31-35-39-42(45)46-40(36-32-28-24-12-10-8-6-4-2)37-33-29-26-27-30-34-38-41(43)44/h5,7,11,13,15-16,18-19,32,36,40H,3-4,6,8-10,12,14,17,20-31,33-35,37-39H2,1-2H3,(H,43,44)/b7-5-,13-11-,16-15-,19-18-,36-32-. The number of unbranched alkanes of at least 4 members (excludes halogenated alkanes) is 17. The molecule has 0 amide bonds. The van der Waals surface area contributed by atoms with E-state index in [1.54, 1.807) is 0 Å². The molecule has 46 heavy (non-hydrogen) atoms. The first-order valence-corrected chi connectivity index (χ1v) is 19.3. The summed E-state index contributed by atoms with van der Waals surface area (Å²) in [5, 5.41) is 8.77. The summed E-state index contributed by atoms with van der Waals surface area (Å²) in [7, 11) is 0. The molecule has 0 aliphatic carbocycles. The summed E-state index contributed by atoms with van der Waals surface area (Å²) in [6.45, 7) is 4.41. The number of carbonyl (C=O) groups is 2. The maximum Gasteiger partial charge on any atom is 0.306 e. The first-order chi connectivity index (χ1) is 22.6. The van der Waals surface area contributed by atoms with Gasteiger partial charge in [0.25, 0.3) is 0 Å². The van der Waals surface area contributed by atoms with Crippen LogP contribution in [0.2, 0.25) is 0 Å². The molecule has 0 rings (SSSR count). The molecule has 0 saturated heterocycles. The summed E-state index contributed by atoms with van der Waals surface area (Å²) in [5.74, 6) is -0.756. The van der Waals surface area contributed by atoms with Crippen LogP contribution in [0.1, 0.15) is 187 Å². The largest absolute Gasteiger partial charge is 0.481 e. The average Bonchev–Trinajstić information content (AvgIpc) is 3.04. The highest BCUT2D eigenvalue weighted by atomic mass is 16.5. The molecule has 264 valence electrons. The lowest BCUT2D eigenvalue weighted by Crippen LogP contribution is -2.16.